The number of oxime groups is 1. The molecular formula is C32H32Cl2F6N2O3. The van der Waals surface area contributed by atoms with E-state index < -0.39 is 41.6 Å². The van der Waals surface area contributed by atoms with Crippen molar-refractivity contribution in [2.24, 2.45) is 5.16 Å². The van der Waals surface area contributed by atoms with Crippen molar-refractivity contribution >= 4 is 28.9 Å². The minimum atomic E-state index is -4.97. The molecule has 1 aliphatic rings. The predicted octanol–water partition coefficient (Wildman–Crippen LogP) is 8.71. The minimum absolute atomic E-state index is 0.0723. The van der Waals surface area contributed by atoms with Gasteiger partial charge in [-0.15, -0.1) is 0 Å². The zero-order chi connectivity index (χ0) is 32.8. The second-order valence-corrected chi connectivity index (χ2v) is 11.7. The van der Waals surface area contributed by atoms with E-state index in [-0.39, 0.29) is 18.2 Å². The van der Waals surface area contributed by atoms with E-state index in [9.17, 15) is 31.4 Å². The number of benzene rings is 3. The fourth-order valence-electron chi connectivity index (χ4n) is 5.43. The van der Waals surface area contributed by atoms with Crippen molar-refractivity contribution in [3.8, 4) is 0 Å². The van der Waals surface area contributed by atoms with Gasteiger partial charge in [0.15, 0.2) is 0 Å². The first-order valence-electron chi connectivity index (χ1n) is 14.1. The summed E-state index contributed by atoms with van der Waals surface area (Å²) in [5.74, 6) is -0.443. The summed E-state index contributed by atoms with van der Waals surface area (Å²) in [4.78, 5) is 7.27. The van der Waals surface area contributed by atoms with Gasteiger partial charge in [0, 0.05) is 19.0 Å². The molecule has 5 nitrogen and oxygen atoms in total. The SMILES string of the molecule is CO/N=C(\COCc1cc(C(F)(F)F)cc(C(F)(F)F)c1)[C@@H](CCN1CCC(O)(c2ccccc2)CC1)c1ccc(Cl)c(Cl)c1. The summed E-state index contributed by atoms with van der Waals surface area (Å²) < 4.78 is 85.6. The number of nitrogens with zero attached hydrogens (tertiary/aromatic N) is 2. The Morgan fingerprint density at radius 2 is 1.53 bits per heavy atom. The molecule has 0 radical (unpaired) electrons. The van der Waals surface area contributed by atoms with Gasteiger partial charge in [-0.05, 0) is 72.8 Å². The van der Waals surface area contributed by atoms with Crippen molar-refractivity contribution in [2.45, 2.75) is 49.7 Å². The number of hydrogen-bond acceptors (Lipinski definition) is 5. The minimum Gasteiger partial charge on any atom is -0.399 e. The molecule has 1 atom stereocenters. The van der Waals surface area contributed by atoms with Gasteiger partial charge in [-0.25, -0.2) is 0 Å². The van der Waals surface area contributed by atoms with E-state index in [0.29, 0.717) is 66.8 Å². The monoisotopic (exact) mass is 676 g/mol. The summed E-state index contributed by atoms with van der Waals surface area (Å²) in [7, 11) is 1.32. The van der Waals surface area contributed by atoms with Gasteiger partial charge >= 0.3 is 12.4 Å². The quantitative estimate of drug-likeness (QED) is 0.125. The van der Waals surface area contributed by atoms with Gasteiger partial charge in [-0.3, -0.25) is 0 Å². The van der Waals surface area contributed by atoms with E-state index in [1.807, 2.05) is 30.3 Å². The molecule has 1 saturated heterocycles. The van der Waals surface area contributed by atoms with Crippen molar-refractivity contribution in [2.75, 3.05) is 33.4 Å². The number of rotatable bonds is 11. The highest BCUT2D eigenvalue weighted by atomic mass is 35.5. The van der Waals surface area contributed by atoms with Crippen LogP contribution in [-0.2, 0) is 34.1 Å². The molecule has 45 heavy (non-hydrogen) atoms. The Labute approximate surface area is 267 Å². The molecule has 0 spiro atoms. The van der Waals surface area contributed by atoms with Gasteiger partial charge < -0.3 is 19.6 Å². The van der Waals surface area contributed by atoms with Gasteiger partial charge in [0.2, 0.25) is 0 Å². The van der Waals surface area contributed by atoms with E-state index in [2.05, 4.69) is 10.1 Å². The summed E-state index contributed by atoms with van der Waals surface area (Å²) in [6.45, 7) is 1.06. The molecule has 0 bridgehead atoms. The first kappa shape index (κ1) is 35.0. The molecule has 0 aliphatic carbocycles. The van der Waals surface area contributed by atoms with Gasteiger partial charge in [-0.2, -0.15) is 26.3 Å². The van der Waals surface area contributed by atoms with E-state index in [1.54, 1.807) is 18.2 Å². The zero-order valence-corrected chi connectivity index (χ0v) is 25.8. The Bertz CT molecular complexity index is 1430. The Morgan fingerprint density at radius 3 is 2.09 bits per heavy atom. The van der Waals surface area contributed by atoms with Crippen molar-refractivity contribution in [1.82, 2.24) is 4.90 Å². The number of ether oxygens (including phenoxy) is 1. The molecule has 0 amide bonds. The third-order valence-corrected chi connectivity index (χ3v) is 8.59. The highest BCUT2D eigenvalue weighted by Gasteiger charge is 2.37. The molecule has 3 aromatic carbocycles. The predicted molar refractivity (Wildman–Crippen MR) is 160 cm³/mol. The molecule has 4 rings (SSSR count). The average molecular weight is 678 g/mol. The molecule has 0 aromatic heterocycles. The molecule has 1 aliphatic heterocycles. The third kappa shape index (κ3) is 9.36. The maximum absolute atomic E-state index is 13.3. The first-order valence-corrected chi connectivity index (χ1v) is 14.9. The van der Waals surface area contributed by atoms with Crippen LogP contribution in [0.5, 0.6) is 0 Å². The van der Waals surface area contributed by atoms with Crippen LogP contribution in [0, 0.1) is 0 Å². The zero-order valence-electron chi connectivity index (χ0n) is 24.3. The van der Waals surface area contributed by atoms with Crippen LogP contribution in [0.4, 0.5) is 26.3 Å². The van der Waals surface area contributed by atoms with E-state index in [1.165, 1.54) is 7.11 Å². The highest BCUT2D eigenvalue weighted by molar-refractivity contribution is 6.42. The number of piperidine rings is 1. The molecule has 1 fully saturated rings. The molecule has 3 aromatic rings. The highest BCUT2D eigenvalue weighted by Crippen LogP contribution is 2.37. The smallest absolute Gasteiger partial charge is 0.399 e. The van der Waals surface area contributed by atoms with Crippen LogP contribution in [0.1, 0.15) is 53.0 Å². The molecule has 1 heterocycles. The molecular weight excluding hydrogens is 645 g/mol. The lowest BCUT2D eigenvalue weighted by atomic mass is 9.84. The van der Waals surface area contributed by atoms with Crippen LogP contribution < -0.4 is 0 Å². The summed E-state index contributed by atoms with van der Waals surface area (Å²) in [5, 5.41) is 16.0. The molecule has 13 heteroatoms. The molecule has 244 valence electrons. The second-order valence-electron chi connectivity index (χ2n) is 10.9. The van der Waals surface area contributed by atoms with E-state index in [4.69, 9.17) is 32.8 Å². The first-order chi connectivity index (χ1) is 21.2. The summed E-state index contributed by atoms with van der Waals surface area (Å²) in [5.41, 5.74) is -2.11. The lowest BCUT2D eigenvalue weighted by molar-refractivity contribution is -0.143. The van der Waals surface area contributed by atoms with E-state index >= 15 is 0 Å². The van der Waals surface area contributed by atoms with Crippen LogP contribution in [0.2, 0.25) is 10.0 Å². The Balaban J connectivity index is 1.50. The van der Waals surface area contributed by atoms with Gasteiger partial charge in [0.25, 0.3) is 0 Å². The maximum Gasteiger partial charge on any atom is 0.416 e. The van der Waals surface area contributed by atoms with Gasteiger partial charge in [0.1, 0.15) is 7.11 Å². The number of alkyl halides is 6. The number of likely N-dealkylation sites (tertiary alicyclic amines) is 1. The standard InChI is InChI=1S/C32H32Cl2F6N2O3/c1-44-41-29(20-45-19-21-15-24(31(35,36)37)18-25(16-21)32(38,39)40)26(22-7-8-27(33)28(34)17-22)9-12-42-13-10-30(43,11-14-42)23-5-3-2-4-6-23/h2-8,15-18,26,43H,9-14,19-20H2,1H3/b41-29+/t26-/m0/s1. The number of aliphatic hydroxyl groups is 1. The topological polar surface area (TPSA) is 54.3 Å². The Morgan fingerprint density at radius 1 is 0.911 bits per heavy atom. The van der Waals surface area contributed by atoms with Crippen LogP contribution in [0.25, 0.3) is 0 Å². The summed E-state index contributed by atoms with van der Waals surface area (Å²) in [6.07, 6.45) is -8.37. The third-order valence-electron chi connectivity index (χ3n) is 7.85. The molecule has 0 unspecified atom stereocenters. The second kappa shape index (κ2) is 14.7. The van der Waals surface area contributed by atoms with Gasteiger partial charge in [0.05, 0.1) is 45.7 Å². The van der Waals surface area contributed by atoms with Crippen molar-refractivity contribution in [3.05, 3.63) is 105 Å². The Hall–Kier alpha value is -2.83. The van der Waals surface area contributed by atoms with Crippen LogP contribution in [0.15, 0.2) is 71.9 Å². The largest absolute Gasteiger partial charge is 0.416 e. The van der Waals surface area contributed by atoms with Crippen LogP contribution in [0.3, 0.4) is 0 Å². The number of halogens is 8. The van der Waals surface area contributed by atoms with Crippen LogP contribution >= 0.6 is 23.2 Å². The normalized spacial score (nSPS) is 16.9. The van der Waals surface area contributed by atoms with Crippen molar-refractivity contribution in [1.29, 1.82) is 0 Å². The fourth-order valence-corrected chi connectivity index (χ4v) is 5.74. The molecule has 1 N–H and O–H groups in total. The summed E-state index contributed by atoms with van der Waals surface area (Å²) >= 11 is 12.4. The maximum atomic E-state index is 13.3. The lowest BCUT2D eigenvalue weighted by Gasteiger charge is -2.39. The molecule has 0 saturated carbocycles. The number of hydrogen-bond donors (Lipinski definition) is 1. The lowest BCUT2D eigenvalue weighted by Crippen LogP contribution is -2.43. The Kier molecular flexibility index (Phi) is 11.5. The van der Waals surface area contributed by atoms with E-state index in [0.717, 1.165) is 11.1 Å². The van der Waals surface area contributed by atoms with Gasteiger partial charge in [-0.1, -0.05) is 64.8 Å². The van der Waals surface area contributed by atoms with Crippen molar-refractivity contribution < 1.29 is 41.0 Å². The van der Waals surface area contributed by atoms with Crippen LogP contribution in [-0.4, -0.2) is 49.1 Å². The summed E-state index contributed by atoms with van der Waals surface area (Å²) in [6, 6.07) is 15.9. The average Bonchev–Trinajstić information content (AvgIpc) is 2.99. The van der Waals surface area contributed by atoms with Crippen molar-refractivity contribution in [3.63, 3.8) is 0 Å². The fraction of sp³-hybridized carbons (Fsp3) is 0.406.